The van der Waals surface area contributed by atoms with Gasteiger partial charge in [-0.15, -0.1) is 0 Å². The first kappa shape index (κ1) is 21.9. The average Bonchev–Trinajstić information content (AvgIpc) is 3.49. The van der Waals surface area contributed by atoms with E-state index in [1.165, 1.54) is 19.2 Å². The summed E-state index contributed by atoms with van der Waals surface area (Å²) in [6, 6.07) is 0.106. The van der Waals surface area contributed by atoms with Crippen molar-refractivity contribution in [1.29, 1.82) is 0 Å². The Bertz CT molecular complexity index is 890. The molecule has 4 atom stereocenters. The SMILES string of the molecule is CCCCCCC(=O)N1CC[C@@H](Nc2ncnc3c2ncn3[C@@H]2O[C@H](CO)C[C@H]2O)C1. The van der Waals surface area contributed by atoms with Crippen LogP contribution in [-0.2, 0) is 9.53 Å². The number of nitrogens with one attached hydrogen (secondary N) is 1. The fourth-order valence-electron chi connectivity index (χ4n) is 4.40. The topological polar surface area (TPSA) is 126 Å². The fourth-order valence-corrected chi connectivity index (χ4v) is 4.40. The molecule has 2 fully saturated rings. The average molecular weight is 433 g/mol. The van der Waals surface area contributed by atoms with Gasteiger partial charge in [-0.25, -0.2) is 15.0 Å². The standard InChI is InChI=1S/C21H32N6O4/c1-2-3-4-5-6-17(30)26-8-7-14(10-26)25-19-18-20(23-12-22-19)27(13-24-18)21-16(29)9-15(11-28)31-21/h12-16,21,28-29H,2-11H2,1H3,(H,22,23,25)/t14-,15+,16-,21-/m1/s1. The Morgan fingerprint density at radius 3 is 2.94 bits per heavy atom. The molecule has 0 bridgehead atoms. The molecule has 2 saturated heterocycles. The van der Waals surface area contributed by atoms with Crippen molar-refractivity contribution in [2.45, 2.75) is 76.3 Å². The number of ether oxygens (including phenoxy) is 1. The third kappa shape index (κ3) is 4.81. The Balaban J connectivity index is 1.40. The molecule has 2 aliphatic heterocycles. The summed E-state index contributed by atoms with van der Waals surface area (Å²) < 4.78 is 7.42. The van der Waals surface area contributed by atoms with Crippen LogP contribution in [0, 0.1) is 0 Å². The van der Waals surface area contributed by atoms with Gasteiger partial charge < -0.3 is 25.2 Å². The van der Waals surface area contributed by atoms with Crippen molar-refractivity contribution in [3.8, 4) is 0 Å². The van der Waals surface area contributed by atoms with Gasteiger partial charge in [-0.3, -0.25) is 9.36 Å². The monoisotopic (exact) mass is 432 g/mol. The van der Waals surface area contributed by atoms with Crippen molar-refractivity contribution < 1.29 is 19.7 Å². The number of carbonyl (C=O) groups is 1. The number of aliphatic hydroxyl groups excluding tert-OH is 2. The summed E-state index contributed by atoms with van der Waals surface area (Å²) in [5, 5.41) is 23.1. The number of hydrogen-bond donors (Lipinski definition) is 3. The van der Waals surface area contributed by atoms with Gasteiger partial charge in [-0.1, -0.05) is 26.2 Å². The van der Waals surface area contributed by atoms with E-state index in [1.807, 2.05) is 4.90 Å². The van der Waals surface area contributed by atoms with Gasteiger partial charge in [0.05, 0.1) is 19.0 Å². The number of unbranched alkanes of at least 4 members (excludes halogenated alkanes) is 3. The van der Waals surface area contributed by atoms with E-state index in [2.05, 4.69) is 27.2 Å². The molecule has 31 heavy (non-hydrogen) atoms. The number of aromatic nitrogens is 4. The second-order valence-electron chi connectivity index (χ2n) is 8.46. The Morgan fingerprint density at radius 2 is 2.16 bits per heavy atom. The van der Waals surface area contributed by atoms with E-state index in [9.17, 15) is 15.0 Å². The highest BCUT2D eigenvalue weighted by Gasteiger charge is 2.36. The number of carbonyl (C=O) groups excluding carboxylic acids is 1. The number of nitrogens with zero attached hydrogens (tertiary/aromatic N) is 5. The highest BCUT2D eigenvalue weighted by atomic mass is 16.5. The predicted molar refractivity (Wildman–Crippen MR) is 114 cm³/mol. The van der Waals surface area contributed by atoms with Crippen molar-refractivity contribution in [2.24, 2.45) is 0 Å². The third-order valence-electron chi connectivity index (χ3n) is 6.13. The largest absolute Gasteiger partial charge is 0.394 e. The van der Waals surface area contributed by atoms with Crippen molar-refractivity contribution >= 4 is 22.9 Å². The maximum absolute atomic E-state index is 12.5. The van der Waals surface area contributed by atoms with Gasteiger partial charge in [-0.2, -0.15) is 0 Å². The molecule has 10 heteroatoms. The molecule has 0 radical (unpaired) electrons. The van der Waals surface area contributed by atoms with Gasteiger partial charge in [0, 0.05) is 32.0 Å². The Morgan fingerprint density at radius 1 is 1.29 bits per heavy atom. The molecule has 0 spiro atoms. The van der Waals surface area contributed by atoms with Gasteiger partial charge in [0.25, 0.3) is 0 Å². The molecular formula is C21H32N6O4. The normalized spacial score (nSPS) is 26.1. The Hall–Kier alpha value is -2.30. The number of anilines is 1. The summed E-state index contributed by atoms with van der Waals surface area (Å²) in [6.45, 7) is 3.43. The smallest absolute Gasteiger partial charge is 0.222 e. The summed E-state index contributed by atoms with van der Waals surface area (Å²) in [4.78, 5) is 27.5. The lowest BCUT2D eigenvalue weighted by Crippen LogP contribution is -2.31. The van der Waals surface area contributed by atoms with Crippen molar-refractivity contribution in [3.63, 3.8) is 0 Å². The van der Waals surface area contributed by atoms with Gasteiger partial charge in [-0.05, 0) is 12.8 Å². The molecule has 2 aromatic heterocycles. The quantitative estimate of drug-likeness (QED) is 0.509. The number of aliphatic hydroxyl groups is 2. The van der Waals surface area contributed by atoms with E-state index in [0.29, 0.717) is 36.4 Å². The van der Waals surface area contributed by atoms with E-state index >= 15 is 0 Å². The van der Waals surface area contributed by atoms with Crippen LogP contribution in [0.2, 0.25) is 0 Å². The van der Waals surface area contributed by atoms with Crippen LogP contribution in [0.5, 0.6) is 0 Å². The second kappa shape index (κ2) is 9.88. The van der Waals surface area contributed by atoms with Crippen LogP contribution in [0.4, 0.5) is 5.82 Å². The second-order valence-corrected chi connectivity index (χ2v) is 8.46. The molecule has 3 N–H and O–H groups in total. The zero-order valence-corrected chi connectivity index (χ0v) is 18.0. The fraction of sp³-hybridized carbons (Fsp3) is 0.714. The van der Waals surface area contributed by atoms with Gasteiger partial charge in [0.15, 0.2) is 23.2 Å². The molecule has 4 rings (SSSR count). The van der Waals surface area contributed by atoms with E-state index < -0.39 is 18.4 Å². The zero-order valence-electron chi connectivity index (χ0n) is 18.0. The van der Waals surface area contributed by atoms with Crippen LogP contribution in [0.3, 0.4) is 0 Å². The number of fused-ring (bicyclic) bond motifs is 1. The molecule has 2 aliphatic rings. The van der Waals surface area contributed by atoms with Crippen LogP contribution in [0.1, 0.15) is 58.1 Å². The lowest BCUT2D eigenvalue weighted by Gasteiger charge is -2.18. The molecule has 2 aromatic rings. The Kier molecular flexibility index (Phi) is 6.99. The molecule has 0 saturated carbocycles. The first-order valence-electron chi connectivity index (χ1n) is 11.3. The van der Waals surface area contributed by atoms with Crippen molar-refractivity contribution in [1.82, 2.24) is 24.4 Å². The highest BCUT2D eigenvalue weighted by molar-refractivity contribution is 5.83. The van der Waals surface area contributed by atoms with Gasteiger partial charge in [0.1, 0.15) is 12.4 Å². The Labute approximate surface area is 181 Å². The summed E-state index contributed by atoms with van der Waals surface area (Å²) >= 11 is 0. The van der Waals surface area contributed by atoms with Gasteiger partial charge in [0.2, 0.25) is 5.91 Å². The molecule has 10 nitrogen and oxygen atoms in total. The minimum atomic E-state index is -0.743. The lowest BCUT2D eigenvalue weighted by atomic mass is 10.1. The van der Waals surface area contributed by atoms with Crippen LogP contribution >= 0.6 is 0 Å². The molecule has 0 aliphatic carbocycles. The van der Waals surface area contributed by atoms with Crippen LogP contribution < -0.4 is 5.32 Å². The maximum atomic E-state index is 12.5. The summed E-state index contributed by atoms with van der Waals surface area (Å²) in [5.41, 5.74) is 1.15. The van der Waals surface area contributed by atoms with Crippen LogP contribution in [0.25, 0.3) is 11.2 Å². The van der Waals surface area contributed by atoms with Crippen LogP contribution in [-0.4, -0.2) is 78.5 Å². The molecule has 4 heterocycles. The number of imidazole rings is 1. The zero-order chi connectivity index (χ0) is 21.8. The van der Waals surface area contributed by atoms with Crippen molar-refractivity contribution in [3.05, 3.63) is 12.7 Å². The van der Waals surface area contributed by atoms with Crippen LogP contribution in [0.15, 0.2) is 12.7 Å². The first-order chi connectivity index (χ1) is 15.1. The maximum Gasteiger partial charge on any atom is 0.222 e. The molecule has 1 amide bonds. The number of hydrogen-bond acceptors (Lipinski definition) is 8. The van der Waals surface area contributed by atoms with E-state index in [0.717, 1.165) is 25.8 Å². The first-order valence-corrected chi connectivity index (χ1v) is 11.3. The van der Waals surface area contributed by atoms with E-state index in [-0.39, 0.29) is 18.6 Å². The summed E-state index contributed by atoms with van der Waals surface area (Å²) in [7, 11) is 0. The molecule has 170 valence electrons. The molecule has 0 aromatic carbocycles. The van der Waals surface area contributed by atoms with E-state index in [4.69, 9.17) is 4.74 Å². The highest BCUT2D eigenvalue weighted by Crippen LogP contribution is 2.32. The minimum Gasteiger partial charge on any atom is -0.394 e. The number of amides is 1. The summed E-state index contributed by atoms with van der Waals surface area (Å²) in [6.07, 6.45) is 7.50. The number of likely N-dealkylation sites (tertiary alicyclic amines) is 1. The number of rotatable bonds is 9. The lowest BCUT2D eigenvalue weighted by molar-refractivity contribution is -0.130. The molecular weight excluding hydrogens is 400 g/mol. The van der Waals surface area contributed by atoms with E-state index in [1.54, 1.807) is 10.9 Å². The minimum absolute atomic E-state index is 0.106. The van der Waals surface area contributed by atoms with Gasteiger partial charge >= 0.3 is 0 Å². The van der Waals surface area contributed by atoms with Crippen molar-refractivity contribution in [2.75, 3.05) is 25.0 Å². The summed E-state index contributed by atoms with van der Waals surface area (Å²) in [5.74, 6) is 0.834. The molecule has 0 unspecified atom stereocenters. The predicted octanol–water partition coefficient (Wildman–Crippen LogP) is 1.45. The third-order valence-corrected chi connectivity index (χ3v) is 6.13.